The number of rotatable bonds is 3. The molecule has 0 aromatic rings. The van der Waals surface area contributed by atoms with Crippen molar-refractivity contribution in [2.45, 2.75) is 46.1 Å². The summed E-state index contributed by atoms with van der Waals surface area (Å²) in [4.78, 5) is 14.0. The van der Waals surface area contributed by atoms with Gasteiger partial charge in [-0.1, -0.05) is 27.2 Å². The highest BCUT2D eigenvalue weighted by Crippen LogP contribution is 2.20. The third-order valence-electron chi connectivity index (χ3n) is 3.14. The van der Waals surface area contributed by atoms with Gasteiger partial charge in [-0.05, 0) is 19.4 Å². The quantitative estimate of drug-likeness (QED) is 0.771. The van der Waals surface area contributed by atoms with Crippen molar-refractivity contribution in [1.82, 2.24) is 4.90 Å². The number of carbonyl (C=O) groups excluding carboxylic acids is 1. The van der Waals surface area contributed by atoms with Gasteiger partial charge in [0.25, 0.3) is 0 Å². The Hall–Kier alpha value is -0.410. The molecule has 0 amide bonds. The molecule has 0 aromatic heterocycles. The maximum atomic E-state index is 11.9. The molecule has 0 aromatic carbocycles. The lowest BCUT2D eigenvalue weighted by Crippen LogP contribution is -2.46. The van der Waals surface area contributed by atoms with Crippen LogP contribution in [0.15, 0.2) is 0 Å². The van der Waals surface area contributed by atoms with Gasteiger partial charge in [0, 0.05) is 11.5 Å². The number of ketones is 1. The largest absolute Gasteiger partial charge is 0.395 e. The minimum absolute atomic E-state index is 0.178. The summed E-state index contributed by atoms with van der Waals surface area (Å²) in [5.41, 5.74) is -0.266. The van der Waals surface area contributed by atoms with Gasteiger partial charge >= 0.3 is 0 Å². The third kappa shape index (κ3) is 3.58. The Morgan fingerprint density at radius 1 is 1.40 bits per heavy atom. The van der Waals surface area contributed by atoms with Crippen LogP contribution in [-0.4, -0.2) is 41.5 Å². The molecule has 0 spiro atoms. The number of piperidine rings is 1. The normalized spacial score (nSPS) is 24.1. The van der Waals surface area contributed by atoms with E-state index in [1.807, 2.05) is 20.8 Å². The van der Waals surface area contributed by atoms with Crippen molar-refractivity contribution in [2.75, 3.05) is 19.7 Å². The van der Waals surface area contributed by atoms with E-state index >= 15 is 0 Å². The van der Waals surface area contributed by atoms with Crippen molar-refractivity contribution in [1.29, 1.82) is 0 Å². The van der Waals surface area contributed by atoms with E-state index in [2.05, 4.69) is 4.90 Å². The maximum Gasteiger partial charge on any atom is 0.152 e. The molecule has 1 rings (SSSR count). The molecule has 0 aliphatic carbocycles. The van der Waals surface area contributed by atoms with E-state index in [1.54, 1.807) is 0 Å². The molecule has 0 saturated carbocycles. The first-order chi connectivity index (χ1) is 6.95. The van der Waals surface area contributed by atoms with Gasteiger partial charge < -0.3 is 5.11 Å². The minimum atomic E-state index is -0.266. The Kier molecular flexibility index (Phi) is 4.29. The molecule has 3 heteroatoms. The number of hydrogen-bond acceptors (Lipinski definition) is 3. The number of likely N-dealkylation sites (tertiary alicyclic amines) is 1. The zero-order valence-electron chi connectivity index (χ0n) is 10.1. The average molecular weight is 213 g/mol. The van der Waals surface area contributed by atoms with Crippen LogP contribution in [0.25, 0.3) is 0 Å². The van der Waals surface area contributed by atoms with Gasteiger partial charge in [-0.25, -0.2) is 0 Å². The minimum Gasteiger partial charge on any atom is -0.395 e. The first-order valence-corrected chi connectivity index (χ1v) is 5.83. The van der Waals surface area contributed by atoms with E-state index in [-0.39, 0.29) is 23.8 Å². The van der Waals surface area contributed by atoms with Gasteiger partial charge in [0.2, 0.25) is 0 Å². The Balaban J connectivity index is 2.52. The average Bonchev–Trinajstić information content (AvgIpc) is 2.17. The van der Waals surface area contributed by atoms with Crippen molar-refractivity contribution in [3.8, 4) is 0 Å². The van der Waals surface area contributed by atoms with Crippen LogP contribution in [0.2, 0.25) is 0 Å². The zero-order valence-corrected chi connectivity index (χ0v) is 10.1. The molecular weight excluding hydrogens is 190 g/mol. The second-order valence-corrected chi connectivity index (χ2v) is 5.48. The summed E-state index contributed by atoms with van der Waals surface area (Å²) in [5.74, 6) is 0.267. The highest BCUT2D eigenvalue weighted by Gasteiger charge is 2.28. The third-order valence-corrected chi connectivity index (χ3v) is 3.14. The van der Waals surface area contributed by atoms with E-state index in [0.717, 1.165) is 19.4 Å². The Bertz CT molecular complexity index is 220. The number of aliphatic hydroxyl groups excluding tert-OH is 1. The molecule has 88 valence electrons. The summed E-state index contributed by atoms with van der Waals surface area (Å²) in [6.45, 7) is 7.48. The number of nitrogens with zero attached hydrogens (tertiary/aromatic N) is 1. The van der Waals surface area contributed by atoms with Gasteiger partial charge in [-0.3, -0.25) is 9.69 Å². The fourth-order valence-corrected chi connectivity index (χ4v) is 1.90. The Morgan fingerprint density at radius 2 is 2.07 bits per heavy atom. The van der Waals surface area contributed by atoms with Crippen molar-refractivity contribution in [3.63, 3.8) is 0 Å². The Morgan fingerprint density at radius 3 is 2.60 bits per heavy atom. The van der Waals surface area contributed by atoms with Gasteiger partial charge in [0.1, 0.15) is 0 Å². The van der Waals surface area contributed by atoms with Crippen molar-refractivity contribution < 1.29 is 9.90 Å². The van der Waals surface area contributed by atoms with Crippen LogP contribution < -0.4 is 0 Å². The molecule has 15 heavy (non-hydrogen) atoms. The van der Waals surface area contributed by atoms with E-state index in [4.69, 9.17) is 0 Å². The van der Waals surface area contributed by atoms with Gasteiger partial charge in [0.15, 0.2) is 5.78 Å². The topological polar surface area (TPSA) is 40.5 Å². The van der Waals surface area contributed by atoms with Crippen LogP contribution >= 0.6 is 0 Å². The van der Waals surface area contributed by atoms with Crippen LogP contribution in [0.4, 0.5) is 0 Å². The van der Waals surface area contributed by atoms with Crippen molar-refractivity contribution in [2.24, 2.45) is 5.41 Å². The highest BCUT2D eigenvalue weighted by molar-refractivity contribution is 5.85. The lowest BCUT2D eigenvalue weighted by atomic mass is 9.89. The monoisotopic (exact) mass is 213 g/mol. The molecule has 1 unspecified atom stereocenters. The zero-order chi connectivity index (χ0) is 11.5. The van der Waals surface area contributed by atoms with Gasteiger partial charge in [-0.15, -0.1) is 0 Å². The summed E-state index contributed by atoms with van der Waals surface area (Å²) < 4.78 is 0. The molecule has 3 nitrogen and oxygen atoms in total. The fourth-order valence-electron chi connectivity index (χ4n) is 1.90. The molecule has 0 bridgehead atoms. The fraction of sp³-hybridized carbons (Fsp3) is 0.917. The Labute approximate surface area is 92.5 Å². The molecule has 1 fully saturated rings. The maximum absolute atomic E-state index is 11.9. The van der Waals surface area contributed by atoms with E-state index < -0.39 is 0 Å². The first-order valence-electron chi connectivity index (χ1n) is 5.83. The van der Waals surface area contributed by atoms with Crippen LogP contribution in [-0.2, 0) is 4.79 Å². The molecular formula is C12H23NO2. The smallest absolute Gasteiger partial charge is 0.152 e. The summed E-state index contributed by atoms with van der Waals surface area (Å²) in [6, 6.07) is 0.199. The number of Topliss-reactive ketones (excluding diaryl/α,β-unsaturated/α-hetero) is 1. The summed E-state index contributed by atoms with van der Waals surface area (Å²) in [6.07, 6.45) is 3.34. The van der Waals surface area contributed by atoms with Gasteiger partial charge in [0.05, 0.1) is 13.2 Å². The predicted octanol–water partition coefficient (Wildman–Crippen LogP) is 1.45. The summed E-state index contributed by atoms with van der Waals surface area (Å²) in [5, 5.41) is 9.22. The van der Waals surface area contributed by atoms with E-state index in [0.29, 0.717) is 6.54 Å². The molecule has 1 heterocycles. The lowest BCUT2D eigenvalue weighted by molar-refractivity contribution is -0.128. The SMILES string of the molecule is CC(C)(C)C(=O)CN1CCCCC1CO. The van der Waals surface area contributed by atoms with Crippen LogP contribution in [0.1, 0.15) is 40.0 Å². The van der Waals surface area contributed by atoms with Crippen LogP contribution in [0.3, 0.4) is 0 Å². The second kappa shape index (κ2) is 5.08. The number of aliphatic hydroxyl groups is 1. The molecule has 1 N–H and O–H groups in total. The number of carbonyl (C=O) groups is 1. The van der Waals surface area contributed by atoms with E-state index in [1.165, 1.54) is 6.42 Å². The molecule has 1 saturated heterocycles. The predicted molar refractivity (Wildman–Crippen MR) is 60.8 cm³/mol. The van der Waals surface area contributed by atoms with Crippen LogP contribution in [0, 0.1) is 5.41 Å². The summed E-state index contributed by atoms with van der Waals surface area (Å²) >= 11 is 0. The number of hydrogen-bond donors (Lipinski definition) is 1. The van der Waals surface area contributed by atoms with Crippen molar-refractivity contribution in [3.05, 3.63) is 0 Å². The molecule has 1 aliphatic heterocycles. The molecule has 0 radical (unpaired) electrons. The molecule has 1 atom stereocenters. The molecule has 1 aliphatic rings. The standard InChI is InChI=1S/C12H23NO2/c1-12(2,3)11(15)8-13-7-5-4-6-10(13)9-14/h10,14H,4-9H2,1-3H3. The van der Waals surface area contributed by atoms with E-state index in [9.17, 15) is 9.90 Å². The summed E-state index contributed by atoms with van der Waals surface area (Å²) in [7, 11) is 0. The highest BCUT2D eigenvalue weighted by atomic mass is 16.3. The van der Waals surface area contributed by atoms with Crippen molar-refractivity contribution >= 4 is 5.78 Å². The first kappa shape index (κ1) is 12.7. The second-order valence-electron chi connectivity index (χ2n) is 5.48. The lowest BCUT2D eigenvalue weighted by Gasteiger charge is -2.35. The van der Waals surface area contributed by atoms with Crippen LogP contribution in [0.5, 0.6) is 0 Å². The van der Waals surface area contributed by atoms with Gasteiger partial charge in [-0.2, -0.15) is 0 Å².